The molecule has 0 saturated heterocycles. The number of hydrogen-bond donors (Lipinski definition) is 1. The minimum Gasteiger partial charge on any atom is -0.358 e. The molecule has 6 heteroatoms. The lowest BCUT2D eigenvalue weighted by Crippen LogP contribution is -2.45. The zero-order valence-electron chi connectivity index (χ0n) is 19.0. The van der Waals surface area contributed by atoms with Gasteiger partial charge in [-0.1, -0.05) is 54.1 Å². The van der Waals surface area contributed by atoms with Crippen LogP contribution in [-0.4, -0.2) is 34.2 Å². The Morgan fingerprint density at radius 1 is 1.19 bits per heavy atom. The van der Waals surface area contributed by atoms with Crippen molar-refractivity contribution in [1.29, 1.82) is 0 Å². The Labute approximate surface area is 195 Å². The molecule has 0 fully saturated rings. The van der Waals surface area contributed by atoms with E-state index < -0.39 is 0 Å². The molecule has 2 unspecified atom stereocenters. The van der Waals surface area contributed by atoms with Crippen LogP contribution in [0.25, 0.3) is 0 Å². The van der Waals surface area contributed by atoms with Crippen LogP contribution in [0.5, 0.6) is 0 Å². The molecule has 1 aliphatic rings. The lowest BCUT2D eigenvalue weighted by atomic mass is 9.88. The van der Waals surface area contributed by atoms with Gasteiger partial charge < -0.3 is 5.32 Å². The number of fused-ring (bicyclic) bond motifs is 1. The van der Waals surface area contributed by atoms with Gasteiger partial charge in [0, 0.05) is 48.9 Å². The third-order valence-electron chi connectivity index (χ3n) is 6.48. The highest BCUT2D eigenvalue weighted by molar-refractivity contribution is 6.30. The van der Waals surface area contributed by atoms with Crippen molar-refractivity contribution in [2.75, 3.05) is 13.6 Å². The van der Waals surface area contributed by atoms with E-state index in [2.05, 4.69) is 40.9 Å². The molecule has 32 heavy (non-hydrogen) atoms. The number of likely N-dealkylation sites (N-methyl/N-ethyl adjacent to an activating group) is 1. The van der Waals surface area contributed by atoms with Gasteiger partial charge >= 0.3 is 0 Å². The average Bonchev–Trinajstić information content (AvgIpc) is 3.15. The second-order valence-electron chi connectivity index (χ2n) is 8.36. The predicted octanol–water partition coefficient (Wildman–Crippen LogP) is 4.88. The Morgan fingerprint density at radius 3 is 2.56 bits per heavy atom. The van der Waals surface area contributed by atoms with Gasteiger partial charge in [-0.25, -0.2) is 0 Å². The standard InChI is InChI=1S/C26H31ClN4O/c1-4-31-23-16-17-30(25(26(32)28-3)20-8-6-5-7-9-20)22(24(23)18(2)29-31)15-12-19-10-13-21(27)14-11-19/h5-11,13-14,22,25H,4,12,15-17H2,1-3H3,(H,28,32). The largest absolute Gasteiger partial charge is 0.358 e. The van der Waals surface area contributed by atoms with Crippen molar-refractivity contribution >= 4 is 17.5 Å². The summed E-state index contributed by atoms with van der Waals surface area (Å²) in [5.74, 6) is 0.0247. The Kier molecular flexibility index (Phi) is 6.97. The van der Waals surface area contributed by atoms with E-state index in [0.717, 1.165) is 48.6 Å². The molecule has 2 heterocycles. The van der Waals surface area contributed by atoms with Crippen molar-refractivity contribution in [2.45, 2.75) is 51.7 Å². The van der Waals surface area contributed by atoms with Gasteiger partial charge in [0.25, 0.3) is 0 Å². The molecule has 0 saturated carbocycles. The van der Waals surface area contributed by atoms with E-state index in [4.69, 9.17) is 16.7 Å². The molecule has 1 amide bonds. The zero-order chi connectivity index (χ0) is 22.7. The van der Waals surface area contributed by atoms with E-state index in [1.54, 1.807) is 7.05 Å². The van der Waals surface area contributed by atoms with Crippen LogP contribution in [0, 0.1) is 6.92 Å². The molecule has 2 aromatic carbocycles. The summed E-state index contributed by atoms with van der Waals surface area (Å²) in [6, 6.07) is 17.9. The molecule has 2 atom stereocenters. The summed E-state index contributed by atoms with van der Waals surface area (Å²) < 4.78 is 2.13. The number of halogens is 1. The van der Waals surface area contributed by atoms with Gasteiger partial charge in [0.05, 0.1) is 5.69 Å². The maximum Gasteiger partial charge on any atom is 0.241 e. The zero-order valence-corrected chi connectivity index (χ0v) is 19.8. The SMILES string of the molecule is CCn1nc(C)c2c1CCN(C(C(=O)NC)c1ccccc1)C2CCc1ccc(Cl)cc1. The first-order valence-corrected chi connectivity index (χ1v) is 11.7. The van der Waals surface area contributed by atoms with Crippen LogP contribution in [-0.2, 0) is 24.2 Å². The maximum atomic E-state index is 13.1. The highest BCUT2D eigenvalue weighted by Gasteiger charge is 2.38. The third kappa shape index (κ3) is 4.45. The monoisotopic (exact) mass is 450 g/mol. The number of aromatic nitrogens is 2. The van der Waals surface area contributed by atoms with Gasteiger partial charge in [0.1, 0.15) is 6.04 Å². The number of amides is 1. The van der Waals surface area contributed by atoms with Crippen LogP contribution in [0.1, 0.15) is 53.5 Å². The summed E-state index contributed by atoms with van der Waals surface area (Å²) in [6.45, 7) is 5.91. The average molecular weight is 451 g/mol. The molecule has 0 aliphatic carbocycles. The van der Waals surface area contributed by atoms with E-state index in [-0.39, 0.29) is 18.0 Å². The van der Waals surface area contributed by atoms with Gasteiger partial charge in [0.2, 0.25) is 5.91 Å². The molecule has 168 valence electrons. The molecule has 1 aromatic heterocycles. The molecule has 0 radical (unpaired) electrons. The second-order valence-corrected chi connectivity index (χ2v) is 8.79. The van der Waals surface area contributed by atoms with Crippen LogP contribution < -0.4 is 5.32 Å². The first-order chi connectivity index (χ1) is 15.5. The molecule has 3 aromatic rings. The van der Waals surface area contributed by atoms with Gasteiger partial charge in [0.15, 0.2) is 0 Å². The highest BCUT2D eigenvalue weighted by atomic mass is 35.5. The van der Waals surface area contributed by atoms with Crippen molar-refractivity contribution in [3.63, 3.8) is 0 Å². The van der Waals surface area contributed by atoms with E-state index in [0.29, 0.717) is 0 Å². The van der Waals surface area contributed by atoms with Crippen LogP contribution >= 0.6 is 11.6 Å². The van der Waals surface area contributed by atoms with E-state index in [1.165, 1.54) is 16.8 Å². The minimum atomic E-state index is -0.339. The van der Waals surface area contributed by atoms with Crippen LogP contribution in [0.3, 0.4) is 0 Å². The summed E-state index contributed by atoms with van der Waals surface area (Å²) >= 11 is 6.09. The van der Waals surface area contributed by atoms with Crippen LogP contribution in [0.4, 0.5) is 0 Å². The lowest BCUT2D eigenvalue weighted by molar-refractivity contribution is -0.127. The fourth-order valence-electron chi connectivity index (χ4n) is 5.00. The molecular formula is C26H31ClN4O. The first kappa shape index (κ1) is 22.6. The summed E-state index contributed by atoms with van der Waals surface area (Å²) in [5.41, 5.74) is 5.94. The first-order valence-electron chi connectivity index (χ1n) is 11.4. The topological polar surface area (TPSA) is 50.2 Å². The fraction of sp³-hybridized carbons (Fsp3) is 0.385. The van der Waals surface area contributed by atoms with Gasteiger partial charge in [-0.3, -0.25) is 14.4 Å². The number of nitrogens with one attached hydrogen (secondary N) is 1. The van der Waals surface area contributed by atoms with Crippen molar-refractivity contribution in [1.82, 2.24) is 20.0 Å². The number of carbonyl (C=O) groups excluding carboxylic acids is 1. The van der Waals surface area contributed by atoms with Crippen molar-refractivity contribution in [2.24, 2.45) is 0 Å². The number of aryl methyl sites for hydroxylation is 3. The third-order valence-corrected chi connectivity index (χ3v) is 6.74. The van der Waals surface area contributed by atoms with Crippen molar-refractivity contribution < 1.29 is 4.79 Å². The molecule has 1 aliphatic heterocycles. The summed E-state index contributed by atoms with van der Waals surface area (Å²) in [7, 11) is 1.72. The summed E-state index contributed by atoms with van der Waals surface area (Å²) in [5, 5.41) is 8.48. The van der Waals surface area contributed by atoms with Crippen molar-refractivity contribution in [3.8, 4) is 0 Å². The van der Waals surface area contributed by atoms with E-state index in [9.17, 15) is 4.79 Å². The molecule has 0 spiro atoms. The Hall–Kier alpha value is -2.63. The second kappa shape index (κ2) is 9.88. The number of nitrogens with zero attached hydrogens (tertiary/aromatic N) is 3. The minimum absolute atomic E-state index is 0.0247. The van der Waals surface area contributed by atoms with Crippen molar-refractivity contribution in [3.05, 3.63) is 87.7 Å². The summed E-state index contributed by atoms with van der Waals surface area (Å²) in [4.78, 5) is 15.5. The normalized spacial score (nSPS) is 17.1. The Balaban J connectivity index is 1.74. The smallest absolute Gasteiger partial charge is 0.241 e. The van der Waals surface area contributed by atoms with Gasteiger partial charge in [-0.2, -0.15) is 5.10 Å². The molecule has 1 N–H and O–H groups in total. The quantitative estimate of drug-likeness (QED) is 0.557. The highest BCUT2D eigenvalue weighted by Crippen LogP contribution is 2.40. The molecule has 5 nitrogen and oxygen atoms in total. The van der Waals surface area contributed by atoms with Crippen LogP contribution in [0.15, 0.2) is 54.6 Å². The number of carbonyl (C=O) groups is 1. The predicted molar refractivity (Wildman–Crippen MR) is 129 cm³/mol. The Morgan fingerprint density at radius 2 is 1.91 bits per heavy atom. The molecule has 4 rings (SSSR count). The van der Waals surface area contributed by atoms with E-state index in [1.807, 2.05) is 42.5 Å². The fourth-order valence-corrected chi connectivity index (χ4v) is 5.12. The van der Waals surface area contributed by atoms with Gasteiger partial charge in [-0.05, 0) is 49.9 Å². The van der Waals surface area contributed by atoms with Crippen LogP contribution in [0.2, 0.25) is 5.02 Å². The number of hydrogen-bond acceptors (Lipinski definition) is 3. The lowest BCUT2D eigenvalue weighted by Gasteiger charge is -2.41. The number of benzene rings is 2. The maximum absolute atomic E-state index is 13.1. The Bertz CT molecular complexity index is 1060. The van der Waals surface area contributed by atoms with Gasteiger partial charge in [-0.15, -0.1) is 0 Å². The molecular weight excluding hydrogens is 420 g/mol. The summed E-state index contributed by atoms with van der Waals surface area (Å²) in [6.07, 6.45) is 2.71. The number of rotatable bonds is 7. The molecule has 0 bridgehead atoms. The van der Waals surface area contributed by atoms with E-state index >= 15 is 0 Å².